The standard InChI is InChI=1S/C11H26N3Si/c1-7-8-9-12-11(13(2)3)14(4)10-15(5)6/h7-10H2,1-6H3. The van der Waals surface area contributed by atoms with Crippen molar-refractivity contribution >= 4 is 14.8 Å². The monoisotopic (exact) mass is 228 g/mol. The average molecular weight is 228 g/mol. The summed E-state index contributed by atoms with van der Waals surface area (Å²) in [5.74, 6) is 1.12. The van der Waals surface area contributed by atoms with Crippen molar-refractivity contribution < 1.29 is 0 Å². The Labute approximate surface area is 96.8 Å². The van der Waals surface area contributed by atoms with E-state index >= 15 is 0 Å². The summed E-state index contributed by atoms with van der Waals surface area (Å²) in [6.45, 7) is 7.82. The van der Waals surface area contributed by atoms with Crippen molar-refractivity contribution in [2.75, 3.05) is 33.9 Å². The summed E-state index contributed by atoms with van der Waals surface area (Å²) >= 11 is 0. The number of nitrogens with zero attached hydrogens (tertiary/aromatic N) is 3. The van der Waals surface area contributed by atoms with Crippen molar-refractivity contribution in [1.82, 2.24) is 9.80 Å². The molecule has 3 nitrogen and oxygen atoms in total. The van der Waals surface area contributed by atoms with Gasteiger partial charge in [-0.25, -0.2) is 0 Å². The predicted octanol–water partition coefficient (Wildman–Crippen LogP) is 1.93. The third-order valence-corrected chi connectivity index (χ3v) is 3.17. The first-order valence-corrected chi connectivity index (χ1v) is 8.41. The highest BCUT2D eigenvalue weighted by atomic mass is 28.3. The Morgan fingerprint density at radius 2 is 1.80 bits per heavy atom. The van der Waals surface area contributed by atoms with Crippen LogP contribution in [-0.4, -0.2) is 58.4 Å². The first-order chi connectivity index (χ1) is 6.99. The molecule has 4 heteroatoms. The van der Waals surface area contributed by atoms with E-state index < -0.39 is 0 Å². The number of unbranched alkanes of at least 4 members (excludes halogenated alkanes) is 1. The molecule has 0 aliphatic carbocycles. The van der Waals surface area contributed by atoms with Gasteiger partial charge in [0.2, 0.25) is 0 Å². The molecule has 89 valence electrons. The van der Waals surface area contributed by atoms with Crippen LogP contribution in [0.5, 0.6) is 0 Å². The second-order valence-electron chi connectivity index (χ2n) is 4.49. The van der Waals surface area contributed by atoms with E-state index in [9.17, 15) is 0 Å². The van der Waals surface area contributed by atoms with Crippen LogP contribution >= 0.6 is 0 Å². The summed E-state index contributed by atoms with van der Waals surface area (Å²) in [4.78, 5) is 9.04. The number of aliphatic imine (C=N–C) groups is 1. The second-order valence-corrected chi connectivity index (χ2v) is 7.22. The van der Waals surface area contributed by atoms with Gasteiger partial charge in [0.25, 0.3) is 0 Å². The highest BCUT2D eigenvalue weighted by Gasteiger charge is 2.10. The van der Waals surface area contributed by atoms with Gasteiger partial charge in [0.1, 0.15) is 0 Å². The molecule has 0 rings (SSSR count). The quantitative estimate of drug-likeness (QED) is 0.310. The van der Waals surface area contributed by atoms with E-state index in [4.69, 9.17) is 0 Å². The maximum atomic E-state index is 4.65. The van der Waals surface area contributed by atoms with Crippen molar-refractivity contribution in [1.29, 1.82) is 0 Å². The third-order valence-electron chi connectivity index (χ3n) is 2.06. The van der Waals surface area contributed by atoms with E-state index in [1.165, 1.54) is 12.8 Å². The zero-order valence-corrected chi connectivity index (χ0v) is 12.2. The van der Waals surface area contributed by atoms with Crippen LogP contribution in [0.15, 0.2) is 4.99 Å². The van der Waals surface area contributed by atoms with E-state index in [1.807, 2.05) is 0 Å². The first kappa shape index (κ1) is 14.5. The van der Waals surface area contributed by atoms with Crippen LogP contribution in [0, 0.1) is 0 Å². The Bertz CT molecular complexity index is 190. The predicted molar refractivity (Wildman–Crippen MR) is 71.0 cm³/mol. The smallest absolute Gasteiger partial charge is 0.195 e. The van der Waals surface area contributed by atoms with Gasteiger partial charge in [0, 0.05) is 33.9 Å². The topological polar surface area (TPSA) is 18.8 Å². The van der Waals surface area contributed by atoms with E-state index in [2.05, 4.69) is 56.0 Å². The molecule has 0 N–H and O–H groups in total. The molecule has 0 fully saturated rings. The Balaban J connectivity index is 4.30. The Hall–Kier alpha value is -0.513. The molecule has 0 heterocycles. The molecule has 0 unspecified atom stereocenters. The summed E-state index contributed by atoms with van der Waals surface area (Å²) in [7, 11) is 6.06. The van der Waals surface area contributed by atoms with Crippen molar-refractivity contribution in [3.05, 3.63) is 0 Å². The zero-order chi connectivity index (χ0) is 11.8. The molecule has 0 aromatic carbocycles. The maximum Gasteiger partial charge on any atom is 0.195 e. The van der Waals surface area contributed by atoms with Gasteiger partial charge in [-0.1, -0.05) is 26.4 Å². The molecule has 0 atom stereocenters. The van der Waals surface area contributed by atoms with E-state index in [-0.39, 0.29) is 8.80 Å². The summed E-state index contributed by atoms with van der Waals surface area (Å²) < 4.78 is 0. The number of hydrogen-bond acceptors (Lipinski definition) is 1. The molecular formula is C11H26N3Si. The molecule has 0 aliphatic heterocycles. The van der Waals surface area contributed by atoms with Crippen molar-refractivity contribution in [3.8, 4) is 0 Å². The van der Waals surface area contributed by atoms with Gasteiger partial charge in [0.15, 0.2) is 5.96 Å². The minimum atomic E-state index is -0.223. The Morgan fingerprint density at radius 3 is 2.20 bits per heavy atom. The van der Waals surface area contributed by atoms with Crippen molar-refractivity contribution in [3.63, 3.8) is 0 Å². The lowest BCUT2D eigenvalue weighted by Gasteiger charge is -2.27. The number of hydrogen-bond donors (Lipinski definition) is 0. The molecular weight excluding hydrogens is 202 g/mol. The minimum Gasteiger partial charge on any atom is -0.349 e. The third kappa shape index (κ3) is 6.55. The molecule has 0 aromatic heterocycles. The molecule has 0 saturated heterocycles. The van der Waals surface area contributed by atoms with Crippen LogP contribution in [0.3, 0.4) is 0 Å². The molecule has 1 radical (unpaired) electrons. The lowest BCUT2D eigenvalue weighted by atomic mass is 10.3. The lowest BCUT2D eigenvalue weighted by molar-refractivity contribution is 0.462. The Morgan fingerprint density at radius 1 is 1.20 bits per heavy atom. The normalized spacial score (nSPS) is 12.1. The zero-order valence-electron chi connectivity index (χ0n) is 11.2. The Kier molecular flexibility index (Phi) is 7.47. The summed E-state index contributed by atoms with van der Waals surface area (Å²) in [5.41, 5.74) is 0. The highest BCUT2D eigenvalue weighted by molar-refractivity contribution is 6.56. The minimum absolute atomic E-state index is 0.223. The number of rotatable bonds is 5. The fraction of sp³-hybridized carbons (Fsp3) is 0.909. The van der Waals surface area contributed by atoms with Crippen molar-refractivity contribution in [2.24, 2.45) is 4.99 Å². The molecule has 0 amide bonds. The van der Waals surface area contributed by atoms with Gasteiger partial charge in [-0.2, -0.15) is 0 Å². The molecule has 15 heavy (non-hydrogen) atoms. The van der Waals surface area contributed by atoms with Crippen molar-refractivity contribution in [2.45, 2.75) is 32.9 Å². The molecule has 0 spiro atoms. The van der Waals surface area contributed by atoms with Gasteiger partial charge in [-0.05, 0) is 6.42 Å². The fourth-order valence-corrected chi connectivity index (χ4v) is 2.58. The maximum absolute atomic E-state index is 4.65. The largest absolute Gasteiger partial charge is 0.349 e. The van der Waals surface area contributed by atoms with Crippen LogP contribution in [0.1, 0.15) is 19.8 Å². The van der Waals surface area contributed by atoms with Gasteiger partial charge >= 0.3 is 0 Å². The average Bonchev–Trinajstić information content (AvgIpc) is 2.10. The molecule has 0 bridgehead atoms. The second kappa shape index (κ2) is 7.74. The molecule has 0 saturated carbocycles. The van der Waals surface area contributed by atoms with E-state index in [0.717, 1.165) is 18.7 Å². The van der Waals surface area contributed by atoms with Crippen LogP contribution < -0.4 is 0 Å². The molecule has 0 aliphatic rings. The summed E-state index contributed by atoms with van der Waals surface area (Å²) in [6, 6.07) is 0. The lowest BCUT2D eigenvalue weighted by Crippen LogP contribution is -2.42. The van der Waals surface area contributed by atoms with Gasteiger partial charge in [-0.15, -0.1) is 0 Å². The first-order valence-electron chi connectivity index (χ1n) is 5.71. The van der Waals surface area contributed by atoms with Crippen LogP contribution in [0.4, 0.5) is 0 Å². The number of guanidine groups is 1. The van der Waals surface area contributed by atoms with Crippen LogP contribution in [0.2, 0.25) is 13.1 Å². The SMILES string of the molecule is CCCCN=C(N(C)C)N(C)C[Si](C)C. The van der Waals surface area contributed by atoms with Gasteiger partial charge in [-0.3, -0.25) is 4.99 Å². The van der Waals surface area contributed by atoms with E-state index in [1.54, 1.807) is 0 Å². The van der Waals surface area contributed by atoms with Gasteiger partial charge in [0.05, 0.1) is 8.80 Å². The van der Waals surface area contributed by atoms with Gasteiger partial charge < -0.3 is 9.80 Å². The van der Waals surface area contributed by atoms with Crippen LogP contribution in [0.25, 0.3) is 0 Å². The summed E-state index contributed by atoms with van der Waals surface area (Å²) in [6.07, 6.45) is 3.56. The van der Waals surface area contributed by atoms with E-state index in [0.29, 0.717) is 0 Å². The fourth-order valence-electron chi connectivity index (χ4n) is 1.49. The highest BCUT2D eigenvalue weighted by Crippen LogP contribution is 1.97. The van der Waals surface area contributed by atoms with Crippen LogP contribution in [-0.2, 0) is 0 Å². The molecule has 0 aromatic rings. The summed E-state index contributed by atoms with van der Waals surface area (Å²) in [5, 5.41) is 0.